The fourth-order valence-corrected chi connectivity index (χ4v) is 0.963. The van der Waals surface area contributed by atoms with Crippen molar-refractivity contribution in [1.29, 1.82) is 0 Å². The lowest BCUT2D eigenvalue weighted by molar-refractivity contribution is -0.387. The van der Waals surface area contributed by atoms with Crippen molar-refractivity contribution in [3.05, 3.63) is 34.1 Å². The zero-order chi connectivity index (χ0) is 11.6. The minimum atomic E-state index is -1.27. The number of nitro groups is 1. The van der Waals surface area contributed by atoms with E-state index in [9.17, 15) is 19.3 Å². The molecular weight excluding hydrogens is 207 g/mol. The Hall–Kier alpha value is -2.18. The summed E-state index contributed by atoms with van der Waals surface area (Å²) in [5.74, 6) is -1.06. The van der Waals surface area contributed by atoms with Crippen molar-refractivity contribution in [3.8, 4) is 0 Å². The van der Waals surface area contributed by atoms with Crippen molar-refractivity contribution in [2.75, 3.05) is 11.9 Å². The van der Waals surface area contributed by atoms with Gasteiger partial charge in [-0.3, -0.25) is 15.0 Å². The number of nitro benzene ring substituents is 1. The molecule has 0 aliphatic carbocycles. The van der Waals surface area contributed by atoms with Gasteiger partial charge in [-0.25, -0.2) is 4.79 Å². The Labute approximate surface area is 83.7 Å². The first kappa shape index (κ1) is 10.9. The minimum Gasteiger partial charge on any atom is -0.465 e. The van der Waals surface area contributed by atoms with E-state index in [1.165, 1.54) is 7.05 Å². The van der Waals surface area contributed by atoms with E-state index in [1.807, 2.05) is 0 Å². The molecule has 15 heavy (non-hydrogen) atoms. The molecule has 0 radical (unpaired) electrons. The van der Waals surface area contributed by atoms with Crippen LogP contribution in [-0.4, -0.2) is 23.2 Å². The second kappa shape index (κ2) is 3.91. The summed E-state index contributed by atoms with van der Waals surface area (Å²) in [7, 11) is 1.21. The first-order valence-electron chi connectivity index (χ1n) is 3.84. The third-order valence-corrected chi connectivity index (χ3v) is 1.80. The fourth-order valence-electron chi connectivity index (χ4n) is 0.963. The molecule has 6 nitrogen and oxygen atoms in total. The third-order valence-electron chi connectivity index (χ3n) is 1.80. The molecule has 0 saturated heterocycles. The van der Waals surface area contributed by atoms with Crippen LogP contribution in [0.4, 0.5) is 20.6 Å². The molecule has 1 aromatic rings. The van der Waals surface area contributed by atoms with Crippen molar-refractivity contribution in [2.24, 2.45) is 0 Å². The van der Waals surface area contributed by atoms with E-state index in [1.54, 1.807) is 0 Å². The molecule has 1 amide bonds. The summed E-state index contributed by atoms with van der Waals surface area (Å²) in [5, 5.41) is 18.8. The molecule has 0 aliphatic rings. The third kappa shape index (κ3) is 2.19. The van der Waals surface area contributed by atoms with Crippen LogP contribution < -0.4 is 4.90 Å². The maximum absolute atomic E-state index is 13.1. The lowest BCUT2D eigenvalue weighted by Crippen LogP contribution is -2.23. The largest absolute Gasteiger partial charge is 0.465 e. The Morgan fingerprint density at radius 1 is 1.60 bits per heavy atom. The van der Waals surface area contributed by atoms with E-state index in [4.69, 9.17) is 5.11 Å². The average Bonchev–Trinajstić information content (AvgIpc) is 2.15. The summed E-state index contributed by atoms with van der Waals surface area (Å²) in [6, 6.07) is 2.88. The number of hydrogen-bond donors (Lipinski definition) is 1. The monoisotopic (exact) mass is 214 g/mol. The van der Waals surface area contributed by atoms with Crippen LogP contribution in [0.5, 0.6) is 0 Å². The van der Waals surface area contributed by atoms with Crippen molar-refractivity contribution >= 4 is 17.5 Å². The lowest BCUT2D eigenvalue weighted by Gasteiger charge is -2.12. The summed E-state index contributed by atoms with van der Waals surface area (Å²) in [5.41, 5.74) is -0.650. The molecule has 1 rings (SSSR count). The van der Waals surface area contributed by atoms with Gasteiger partial charge in [0.05, 0.1) is 10.6 Å². The molecule has 0 bridgehead atoms. The Morgan fingerprint density at radius 2 is 2.20 bits per heavy atom. The Kier molecular flexibility index (Phi) is 2.84. The summed E-state index contributed by atoms with van der Waals surface area (Å²) < 4.78 is 13.1. The van der Waals surface area contributed by atoms with Crippen molar-refractivity contribution < 1.29 is 19.2 Å². The predicted molar refractivity (Wildman–Crippen MR) is 49.5 cm³/mol. The van der Waals surface area contributed by atoms with Crippen LogP contribution in [0.2, 0.25) is 0 Å². The summed E-state index contributed by atoms with van der Waals surface area (Å²) >= 11 is 0. The normalized spacial score (nSPS) is 9.73. The van der Waals surface area contributed by atoms with E-state index in [-0.39, 0.29) is 5.69 Å². The number of rotatable bonds is 2. The predicted octanol–water partition coefficient (Wildman–Crippen LogP) is 1.85. The molecule has 0 fully saturated rings. The zero-order valence-corrected chi connectivity index (χ0v) is 7.68. The Balaban J connectivity index is 3.12. The number of nitrogens with zero attached hydrogens (tertiary/aromatic N) is 2. The smallest absolute Gasteiger partial charge is 0.411 e. The van der Waals surface area contributed by atoms with Crippen LogP contribution in [0.1, 0.15) is 0 Å². The maximum atomic E-state index is 13.1. The number of amides is 1. The van der Waals surface area contributed by atoms with Gasteiger partial charge < -0.3 is 5.11 Å². The molecule has 80 valence electrons. The molecule has 1 N–H and O–H groups in total. The molecule has 7 heteroatoms. The van der Waals surface area contributed by atoms with Crippen molar-refractivity contribution in [1.82, 2.24) is 0 Å². The van der Waals surface area contributed by atoms with Gasteiger partial charge in [0, 0.05) is 19.2 Å². The van der Waals surface area contributed by atoms with Gasteiger partial charge in [-0.05, 0) is 6.07 Å². The highest BCUT2D eigenvalue weighted by Gasteiger charge is 2.16. The minimum absolute atomic E-state index is 0.0330. The van der Waals surface area contributed by atoms with Gasteiger partial charge in [-0.15, -0.1) is 0 Å². The van der Waals surface area contributed by atoms with Crippen LogP contribution in [0.15, 0.2) is 18.2 Å². The molecule has 0 atom stereocenters. The molecule has 0 heterocycles. The second-order valence-corrected chi connectivity index (χ2v) is 2.73. The van der Waals surface area contributed by atoms with Crippen LogP contribution >= 0.6 is 0 Å². The molecule has 0 saturated carbocycles. The highest BCUT2D eigenvalue weighted by molar-refractivity contribution is 5.85. The fraction of sp³-hybridized carbons (Fsp3) is 0.125. The Bertz CT molecular complexity index is 421. The molecule has 1 aromatic carbocycles. The van der Waals surface area contributed by atoms with E-state index < -0.39 is 22.5 Å². The van der Waals surface area contributed by atoms with Crippen LogP contribution in [0.25, 0.3) is 0 Å². The van der Waals surface area contributed by atoms with Crippen molar-refractivity contribution in [3.63, 3.8) is 0 Å². The van der Waals surface area contributed by atoms with Gasteiger partial charge in [0.25, 0.3) is 0 Å². The van der Waals surface area contributed by atoms with Gasteiger partial charge in [0.1, 0.15) is 0 Å². The maximum Gasteiger partial charge on any atom is 0.411 e. The second-order valence-electron chi connectivity index (χ2n) is 2.73. The van der Waals surface area contributed by atoms with Gasteiger partial charge in [-0.2, -0.15) is 4.39 Å². The van der Waals surface area contributed by atoms with Gasteiger partial charge in [0.2, 0.25) is 5.82 Å². The number of hydrogen-bond acceptors (Lipinski definition) is 3. The summed E-state index contributed by atoms with van der Waals surface area (Å²) in [6.45, 7) is 0. The van der Waals surface area contributed by atoms with E-state index in [0.29, 0.717) is 0 Å². The number of anilines is 1. The van der Waals surface area contributed by atoms with Gasteiger partial charge in [0.15, 0.2) is 0 Å². The zero-order valence-electron chi connectivity index (χ0n) is 7.68. The highest BCUT2D eigenvalue weighted by atomic mass is 19.1. The number of halogens is 1. The van der Waals surface area contributed by atoms with Crippen LogP contribution in [-0.2, 0) is 0 Å². The SMILES string of the molecule is CN(C(=O)O)c1ccc([N+](=O)[O-])c(F)c1. The number of benzene rings is 1. The van der Waals surface area contributed by atoms with Crippen LogP contribution in [0.3, 0.4) is 0 Å². The topological polar surface area (TPSA) is 83.7 Å². The van der Waals surface area contributed by atoms with E-state index >= 15 is 0 Å². The highest BCUT2D eigenvalue weighted by Crippen LogP contribution is 2.22. The number of carboxylic acid groups (broad SMARTS) is 1. The van der Waals surface area contributed by atoms with Gasteiger partial charge >= 0.3 is 11.8 Å². The van der Waals surface area contributed by atoms with E-state index in [2.05, 4.69) is 0 Å². The first-order chi connectivity index (χ1) is 6.93. The molecular formula is C8H7FN2O4. The van der Waals surface area contributed by atoms with Crippen LogP contribution in [0, 0.1) is 15.9 Å². The Morgan fingerprint density at radius 3 is 2.60 bits per heavy atom. The molecule has 0 aliphatic heterocycles. The lowest BCUT2D eigenvalue weighted by atomic mass is 10.2. The molecule has 0 aromatic heterocycles. The molecule has 0 spiro atoms. The standard InChI is InChI=1S/C8H7FN2O4/c1-10(8(12)13)5-2-3-7(11(14)15)6(9)4-5/h2-4H,1H3,(H,12,13). The van der Waals surface area contributed by atoms with E-state index in [0.717, 1.165) is 23.1 Å². The summed E-state index contributed by atoms with van der Waals surface area (Å²) in [6.07, 6.45) is -1.27. The summed E-state index contributed by atoms with van der Waals surface area (Å²) in [4.78, 5) is 20.7. The van der Waals surface area contributed by atoms with Crippen molar-refractivity contribution in [2.45, 2.75) is 0 Å². The average molecular weight is 214 g/mol. The quantitative estimate of drug-likeness (QED) is 0.601. The molecule has 0 unspecified atom stereocenters. The number of carbonyl (C=O) groups is 1. The van der Waals surface area contributed by atoms with Gasteiger partial charge in [-0.1, -0.05) is 0 Å². The first-order valence-corrected chi connectivity index (χ1v) is 3.84.